The Hall–Kier alpha value is -2.28. The van der Waals surface area contributed by atoms with Crippen LogP contribution in [0.25, 0.3) is 16.6 Å². The largest absolute Gasteiger partial charge is 0.360 e. The Labute approximate surface area is 171 Å². The Balaban J connectivity index is 1.73. The predicted octanol–water partition coefficient (Wildman–Crippen LogP) is 4.00. The molecule has 1 saturated carbocycles. The van der Waals surface area contributed by atoms with Gasteiger partial charge in [-0.3, -0.25) is 0 Å². The van der Waals surface area contributed by atoms with Crippen molar-refractivity contribution in [2.45, 2.75) is 71.5 Å². The van der Waals surface area contributed by atoms with Crippen LogP contribution in [0.1, 0.15) is 57.1 Å². The van der Waals surface area contributed by atoms with E-state index in [9.17, 15) is 0 Å². The van der Waals surface area contributed by atoms with E-state index >= 15 is 0 Å². The van der Waals surface area contributed by atoms with E-state index in [0.29, 0.717) is 12.1 Å². The summed E-state index contributed by atoms with van der Waals surface area (Å²) < 4.78 is 1.85. The quantitative estimate of drug-likeness (QED) is 0.658. The molecule has 3 aromatic rings. The van der Waals surface area contributed by atoms with E-state index in [4.69, 9.17) is 12.2 Å². The van der Waals surface area contributed by atoms with Crippen LogP contribution in [-0.4, -0.2) is 42.1 Å². The van der Waals surface area contributed by atoms with Crippen LogP contribution in [0.15, 0.2) is 24.3 Å². The summed E-state index contributed by atoms with van der Waals surface area (Å²) in [5, 5.41) is 18.0. The Morgan fingerprint density at radius 3 is 2.86 bits per heavy atom. The second kappa shape index (κ2) is 7.99. The van der Waals surface area contributed by atoms with Crippen molar-refractivity contribution >= 4 is 33.9 Å². The van der Waals surface area contributed by atoms with E-state index in [1.165, 1.54) is 31.2 Å². The summed E-state index contributed by atoms with van der Waals surface area (Å²) in [6.45, 7) is 7.19. The van der Waals surface area contributed by atoms with Gasteiger partial charge in [0.15, 0.2) is 10.8 Å². The van der Waals surface area contributed by atoms with Crippen molar-refractivity contribution in [1.82, 2.24) is 30.3 Å². The van der Waals surface area contributed by atoms with Crippen LogP contribution >= 0.6 is 12.2 Å². The maximum atomic E-state index is 5.83. The molecule has 1 atom stereocenters. The molecule has 0 amide bonds. The molecule has 28 heavy (non-hydrogen) atoms. The molecule has 1 aliphatic carbocycles. The van der Waals surface area contributed by atoms with Gasteiger partial charge < -0.3 is 10.2 Å². The molecule has 0 unspecified atom stereocenters. The van der Waals surface area contributed by atoms with Gasteiger partial charge in [0.2, 0.25) is 0 Å². The van der Waals surface area contributed by atoms with E-state index in [1.807, 2.05) is 4.52 Å². The minimum atomic E-state index is 0.366. The highest BCUT2D eigenvalue weighted by Gasteiger charge is 2.26. The molecule has 2 aromatic heterocycles. The van der Waals surface area contributed by atoms with Crippen LogP contribution in [-0.2, 0) is 6.54 Å². The number of aromatic nitrogens is 4. The number of benzene rings is 1. The van der Waals surface area contributed by atoms with Gasteiger partial charge in [-0.1, -0.05) is 31.4 Å². The first kappa shape index (κ1) is 19.1. The zero-order valence-corrected chi connectivity index (χ0v) is 17.7. The number of aryl methyl sites for hydroxylation is 1. The summed E-state index contributed by atoms with van der Waals surface area (Å²) in [7, 11) is 0. The molecule has 0 radical (unpaired) electrons. The topological polar surface area (TPSA) is 58.4 Å². The lowest BCUT2D eigenvalue weighted by Crippen LogP contribution is -2.47. The average molecular weight is 397 g/mol. The summed E-state index contributed by atoms with van der Waals surface area (Å²) in [6.07, 6.45) is 5.97. The number of nitrogens with one attached hydrogen (secondary N) is 1. The molecule has 0 saturated heterocycles. The first-order chi connectivity index (χ1) is 13.6. The van der Waals surface area contributed by atoms with Crippen LogP contribution in [0.5, 0.6) is 0 Å². The lowest BCUT2D eigenvalue weighted by atomic mass is 10.1. The SMILES string of the molecule is CC[C@H](C)NC(=S)N(Cc1cc2cc(C)ccc2n2nnnc12)C1CCCC1. The van der Waals surface area contributed by atoms with Crippen molar-refractivity contribution in [3.8, 4) is 0 Å². The number of pyridine rings is 1. The summed E-state index contributed by atoms with van der Waals surface area (Å²) in [5.41, 5.74) is 4.18. The number of hydrogen-bond donors (Lipinski definition) is 1. The van der Waals surface area contributed by atoms with E-state index in [-0.39, 0.29) is 0 Å². The Kier molecular flexibility index (Phi) is 5.44. The van der Waals surface area contributed by atoms with Gasteiger partial charge in [0.05, 0.1) is 5.52 Å². The highest BCUT2D eigenvalue weighted by atomic mass is 32.1. The molecule has 1 aliphatic rings. The van der Waals surface area contributed by atoms with Gasteiger partial charge in [-0.2, -0.15) is 4.52 Å². The van der Waals surface area contributed by atoms with Gasteiger partial charge in [-0.15, -0.1) is 5.10 Å². The Morgan fingerprint density at radius 2 is 2.11 bits per heavy atom. The zero-order valence-electron chi connectivity index (χ0n) is 16.9. The molecule has 6 nitrogen and oxygen atoms in total. The summed E-state index contributed by atoms with van der Waals surface area (Å²) in [4.78, 5) is 2.36. The molecule has 1 aromatic carbocycles. The van der Waals surface area contributed by atoms with Crippen molar-refractivity contribution in [3.63, 3.8) is 0 Å². The standard InChI is InChI=1S/C21H28N6S/c1-4-15(3)22-21(28)26(18-7-5-6-8-18)13-17-12-16-11-14(2)9-10-19(16)27-20(17)23-24-25-27/h9-12,15,18H,4-8,13H2,1-3H3,(H,22,28)/t15-/m0/s1. The highest BCUT2D eigenvalue weighted by Crippen LogP contribution is 2.27. The van der Waals surface area contributed by atoms with E-state index < -0.39 is 0 Å². The summed E-state index contributed by atoms with van der Waals surface area (Å²) in [5.74, 6) is 0. The number of hydrogen-bond acceptors (Lipinski definition) is 4. The smallest absolute Gasteiger partial charge is 0.184 e. The van der Waals surface area contributed by atoms with Crippen LogP contribution < -0.4 is 5.32 Å². The van der Waals surface area contributed by atoms with Gasteiger partial charge in [-0.25, -0.2) is 0 Å². The van der Waals surface area contributed by atoms with Crippen LogP contribution in [0, 0.1) is 6.92 Å². The molecule has 2 heterocycles. The first-order valence-electron chi connectivity index (χ1n) is 10.2. The van der Waals surface area contributed by atoms with Gasteiger partial charge >= 0.3 is 0 Å². The third-order valence-corrected chi connectivity index (χ3v) is 6.20. The van der Waals surface area contributed by atoms with Crippen molar-refractivity contribution in [2.24, 2.45) is 0 Å². The molecule has 0 spiro atoms. The molecule has 0 bridgehead atoms. The molecule has 148 valence electrons. The number of tetrazole rings is 1. The summed E-state index contributed by atoms with van der Waals surface area (Å²) in [6, 6.07) is 9.44. The molecular weight excluding hydrogens is 368 g/mol. The average Bonchev–Trinajstić information content (AvgIpc) is 3.37. The normalized spacial score (nSPS) is 16.0. The van der Waals surface area contributed by atoms with Gasteiger partial charge in [0.25, 0.3) is 0 Å². The number of nitrogens with zero attached hydrogens (tertiary/aromatic N) is 5. The third kappa shape index (κ3) is 3.68. The first-order valence-corrected chi connectivity index (χ1v) is 10.6. The van der Waals surface area contributed by atoms with E-state index in [0.717, 1.165) is 40.2 Å². The molecule has 1 fully saturated rings. The molecule has 1 N–H and O–H groups in total. The number of rotatable bonds is 5. The van der Waals surface area contributed by atoms with Crippen LogP contribution in [0.4, 0.5) is 0 Å². The zero-order chi connectivity index (χ0) is 19.7. The van der Waals surface area contributed by atoms with Crippen molar-refractivity contribution in [3.05, 3.63) is 35.4 Å². The fourth-order valence-corrected chi connectivity index (χ4v) is 4.48. The molecule has 0 aliphatic heterocycles. The van der Waals surface area contributed by atoms with Crippen LogP contribution in [0.3, 0.4) is 0 Å². The number of fused-ring (bicyclic) bond motifs is 3. The van der Waals surface area contributed by atoms with Gasteiger partial charge in [0, 0.05) is 29.6 Å². The lowest BCUT2D eigenvalue weighted by molar-refractivity contribution is 0.300. The minimum Gasteiger partial charge on any atom is -0.360 e. The Bertz CT molecular complexity index is 991. The maximum absolute atomic E-state index is 5.83. The van der Waals surface area contributed by atoms with Crippen molar-refractivity contribution < 1.29 is 0 Å². The monoisotopic (exact) mass is 396 g/mol. The molecule has 4 rings (SSSR count). The second-order valence-corrected chi connectivity index (χ2v) is 8.36. The molecule has 7 heteroatoms. The van der Waals surface area contributed by atoms with Crippen LogP contribution in [0.2, 0.25) is 0 Å². The fraction of sp³-hybridized carbons (Fsp3) is 0.524. The Morgan fingerprint density at radius 1 is 1.32 bits per heavy atom. The summed E-state index contributed by atoms with van der Waals surface area (Å²) >= 11 is 5.83. The van der Waals surface area contributed by atoms with Crippen molar-refractivity contribution in [1.29, 1.82) is 0 Å². The van der Waals surface area contributed by atoms with E-state index in [1.54, 1.807) is 0 Å². The third-order valence-electron chi connectivity index (χ3n) is 5.85. The van der Waals surface area contributed by atoms with Gasteiger partial charge in [0.1, 0.15) is 0 Å². The maximum Gasteiger partial charge on any atom is 0.184 e. The lowest BCUT2D eigenvalue weighted by Gasteiger charge is -2.33. The predicted molar refractivity (Wildman–Crippen MR) is 116 cm³/mol. The minimum absolute atomic E-state index is 0.366. The number of thiocarbonyl (C=S) groups is 1. The second-order valence-electron chi connectivity index (χ2n) is 7.97. The highest BCUT2D eigenvalue weighted by molar-refractivity contribution is 7.80. The van der Waals surface area contributed by atoms with Gasteiger partial charge in [-0.05, 0) is 74.0 Å². The van der Waals surface area contributed by atoms with Crippen molar-refractivity contribution in [2.75, 3.05) is 0 Å². The van der Waals surface area contributed by atoms with E-state index in [2.05, 4.69) is 70.8 Å². The fourth-order valence-electron chi connectivity index (χ4n) is 4.06. The molecular formula is C21H28N6S.